The van der Waals surface area contributed by atoms with Crippen molar-refractivity contribution in [2.45, 2.75) is 21.6 Å². The molecule has 0 aromatic heterocycles. The lowest BCUT2D eigenvalue weighted by atomic mass is 10.1. The first kappa shape index (κ1) is 44.4. The fourth-order valence-electron chi connectivity index (χ4n) is 5.89. The van der Waals surface area contributed by atoms with Crippen LogP contribution in [0.2, 0.25) is 0 Å². The fourth-order valence-corrected chi connectivity index (χ4v) is 7.95. The van der Waals surface area contributed by atoms with E-state index in [1.54, 1.807) is 12.1 Å². The Hall–Kier alpha value is -7.15. The van der Waals surface area contributed by atoms with Gasteiger partial charge in [0.15, 0.2) is 5.75 Å². The van der Waals surface area contributed by atoms with Gasteiger partial charge in [-0.25, -0.2) is 0 Å². The molecule has 0 unspecified atom stereocenters. The number of nitro groups is 1. The highest BCUT2D eigenvalue weighted by atomic mass is 32.2. The number of benzene rings is 6. The summed E-state index contributed by atoms with van der Waals surface area (Å²) in [6.07, 6.45) is 2.14. The number of fused-ring (bicyclic) bond motifs is 1. The van der Waals surface area contributed by atoms with Crippen LogP contribution in [0.4, 0.5) is 39.8 Å². The molecule has 5 N–H and O–H groups in total. The number of hydrogen-bond donors (Lipinski definition) is 5. The average Bonchev–Trinajstić information content (AvgIpc) is 3.21. The zero-order valence-corrected chi connectivity index (χ0v) is 34.7. The van der Waals surface area contributed by atoms with Crippen molar-refractivity contribution in [1.29, 1.82) is 0 Å². The number of anilines is 2. The second kappa shape index (κ2) is 17.4. The molecule has 320 valence electrons. The average molecular weight is 905 g/mol. The molecule has 0 aliphatic carbocycles. The number of nitrogens with one attached hydrogen (secondary N) is 1. The first-order valence-corrected chi connectivity index (χ1v) is 21.7. The van der Waals surface area contributed by atoms with Gasteiger partial charge in [-0.2, -0.15) is 30.4 Å². The molecule has 0 saturated heterocycles. The highest BCUT2D eigenvalue weighted by Gasteiger charge is 2.24. The monoisotopic (exact) mass is 904 g/mol. The maximum Gasteiger partial charge on any atom is 0.296 e. The molecule has 0 spiro atoms. The largest absolute Gasteiger partial charge is 0.505 e. The van der Waals surface area contributed by atoms with Crippen LogP contribution in [0.5, 0.6) is 17.2 Å². The van der Waals surface area contributed by atoms with E-state index in [1.165, 1.54) is 44.6 Å². The topological polar surface area (TPSA) is 306 Å². The predicted molar refractivity (Wildman–Crippen MR) is 226 cm³/mol. The lowest BCUT2D eigenvalue weighted by molar-refractivity contribution is -0.385. The van der Waals surface area contributed by atoms with Crippen molar-refractivity contribution in [2.75, 3.05) is 19.5 Å². The van der Waals surface area contributed by atoms with Crippen molar-refractivity contribution in [1.82, 2.24) is 0 Å². The number of aromatic hydroxyl groups is 1. The van der Waals surface area contributed by atoms with Gasteiger partial charge in [0.1, 0.15) is 43.2 Å². The zero-order valence-electron chi connectivity index (χ0n) is 32.2. The van der Waals surface area contributed by atoms with Gasteiger partial charge in [-0.3, -0.25) is 23.8 Å². The molecule has 0 bridgehead atoms. The highest BCUT2D eigenvalue weighted by Crippen LogP contribution is 2.45. The summed E-state index contributed by atoms with van der Waals surface area (Å²) in [5.41, 5.74) is 0.581. The van der Waals surface area contributed by atoms with E-state index < -0.39 is 67.1 Å². The third kappa shape index (κ3) is 10.1. The molecule has 20 nitrogen and oxygen atoms in total. The van der Waals surface area contributed by atoms with Crippen molar-refractivity contribution >= 4 is 93.1 Å². The van der Waals surface area contributed by atoms with E-state index in [0.29, 0.717) is 11.8 Å². The van der Waals surface area contributed by atoms with Gasteiger partial charge in [0, 0.05) is 41.0 Å². The molecule has 0 radical (unpaired) electrons. The Kier molecular flexibility index (Phi) is 12.5. The summed E-state index contributed by atoms with van der Waals surface area (Å²) in [5.74, 6) is -0.613. The Bertz CT molecular complexity index is 3210. The zero-order chi connectivity index (χ0) is 45.1. The number of nitrogens with zero attached hydrogens (tertiary/aromatic N) is 5. The van der Waals surface area contributed by atoms with E-state index in [9.17, 15) is 54.1 Å². The summed E-state index contributed by atoms with van der Waals surface area (Å²) in [6.45, 7) is 1.94. The van der Waals surface area contributed by atoms with Gasteiger partial charge in [-0.15, -0.1) is 15.3 Å². The number of ether oxygens (including phenoxy) is 2. The SMILES string of the molecule is COc1cc(N=Nc2c(S(=O)(=O)O)cc3cc(Nc4ccc(C)cc4)ccc3c2O)c(OC)cc1N=Nc1ccc(C=Cc2ccc([N+](=O)[O-])cc2S(=O)(=O)O)c(S(=O)(=O)O)c1. The molecule has 0 aliphatic rings. The van der Waals surface area contributed by atoms with Crippen LogP contribution < -0.4 is 14.8 Å². The maximum atomic E-state index is 12.5. The lowest BCUT2D eigenvalue weighted by Gasteiger charge is -2.12. The summed E-state index contributed by atoms with van der Waals surface area (Å²) in [7, 11) is -12.3. The molecule has 6 rings (SSSR count). The number of hydrogen-bond acceptors (Lipinski definition) is 16. The lowest BCUT2D eigenvalue weighted by Crippen LogP contribution is -2.02. The third-order valence-corrected chi connectivity index (χ3v) is 11.6. The molecule has 6 aromatic rings. The number of azo groups is 2. The van der Waals surface area contributed by atoms with Crippen LogP contribution in [0.1, 0.15) is 16.7 Å². The normalized spacial score (nSPS) is 12.4. The Morgan fingerprint density at radius 1 is 0.629 bits per heavy atom. The highest BCUT2D eigenvalue weighted by molar-refractivity contribution is 7.86. The van der Waals surface area contributed by atoms with Gasteiger partial charge in [0.05, 0.1) is 24.8 Å². The van der Waals surface area contributed by atoms with E-state index in [-0.39, 0.29) is 50.5 Å². The molecule has 0 aliphatic heterocycles. The van der Waals surface area contributed by atoms with Gasteiger partial charge in [0.25, 0.3) is 36.0 Å². The molecular weight excluding hydrogens is 873 g/mol. The van der Waals surface area contributed by atoms with Gasteiger partial charge in [-0.1, -0.05) is 35.9 Å². The van der Waals surface area contributed by atoms with Crippen LogP contribution in [-0.4, -0.2) is 63.2 Å². The van der Waals surface area contributed by atoms with E-state index in [0.717, 1.165) is 47.7 Å². The van der Waals surface area contributed by atoms with Crippen molar-refractivity contribution in [3.05, 3.63) is 124 Å². The summed E-state index contributed by atoms with van der Waals surface area (Å²) in [6, 6.07) is 22.0. The van der Waals surface area contributed by atoms with Crippen molar-refractivity contribution in [2.24, 2.45) is 20.5 Å². The van der Waals surface area contributed by atoms with Crippen LogP contribution in [0, 0.1) is 17.0 Å². The van der Waals surface area contributed by atoms with Crippen molar-refractivity contribution < 1.29 is 58.4 Å². The maximum absolute atomic E-state index is 12.5. The van der Waals surface area contributed by atoms with Crippen LogP contribution in [0.15, 0.2) is 132 Å². The van der Waals surface area contributed by atoms with E-state index >= 15 is 0 Å². The quantitative estimate of drug-likeness (QED) is 0.0223. The molecule has 23 heteroatoms. The Labute approximate surface area is 352 Å². The standard InChI is InChI=1S/C39H32N6O14S3/c1-22-4-10-26(11-5-22)40-27-13-15-30-25(16-27)17-37(62(55,56)57)38(39(30)46)44-43-32-21-33(58-2)31(20-34(32)59-3)42-41-28-12-8-23(35(18-28)60(49,50)51)6-7-24-9-14-29(45(47)48)19-36(24)61(52,53)54/h4-21,40,46H,1-3H3,(H,49,50,51)(H,52,53,54)(H,55,56,57). The molecule has 6 aromatic carbocycles. The van der Waals surface area contributed by atoms with Gasteiger partial charge >= 0.3 is 0 Å². The van der Waals surface area contributed by atoms with E-state index in [4.69, 9.17) is 9.47 Å². The summed E-state index contributed by atoms with van der Waals surface area (Å²) < 4.78 is 114. The molecule has 0 amide bonds. The fraction of sp³-hybridized carbons (Fsp3) is 0.0769. The molecular formula is C39H32N6O14S3. The van der Waals surface area contributed by atoms with Crippen LogP contribution >= 0.6 is 0 Å². The van der Waals surface area contributed by atoms with E-state index in [1.807, 2.05) is 31.2 Å². The van der Waals surface area contributed by atoms with Crippen LogP contribution in [-0.2, 0) is 30.4 Å². The molecule has 0 saturated carbocycles. The molecule has 0 heterocycles. The minimum Gasteiger partial charge on any atom is -0.505 e. The molecule has 62 heavy (non-hydrogen) atoms. The second-order valence-corrected chi connectivity index (χ2v) is 17.2. The summed E-state index contributed by atoms with van der Waals surface area (Å²) in [4.78, 5) is 8.00. The Morgan fingerprint density at radius 2 is 1.16 bits per heavy atom. The van der Waals surface area contributed by atoms with Crippen LogP contribution in [0.25, 0.3) is 22.9 Å². The summed E-state index contributed by atoms with van der Waals surface area (Å²) >= 11 is 0. The first-order chi connectivity index (χ1) is 29.2. The van der Waals surface area contributed by atoms with Crippen molar-refractivity contribution in [3.8, 4) is 17.2 Å². The number of aryl methyl sites for hydroxylation is 1. The minimum atomic E-state index is -4.97. The molecule has 0 fully saturated rings. The Balaban J connectivity index is 1.32. The number of rotatable bonds is 14. The van der Waals surface area contributed by atoms with Gasteiger partial charge in [-0.05, 0) is 78.0 Å². The molecule has 0 atom stereocenters. The number of phenolic OH excluding ortho intramolecular Hbond substituents is 1. The van der Waals surface area contributed by atoms with Crippen molar-refractivity contribution in [3.63, 3.8) is 0 Å². The summed E-state index contributed by atoms with van der Waals surface area (Å²) in [5, 5.41) is 42.2. The number of phenols is 1. The van der Waals surface area contributed by atoms with Crippen LogP contribution in [0.3, 0.4) is 0 Å². The van der Waals surface area contributed by atoms with E-state index in [2.05, 4.69) is 25.8 Å². The number of nitro benzene ring substituents is 1. The number of methoxy groups -OCH3 is 2. The third-order valence-electron chi connectivity index (χ3n) is 8.88. The number of non-ortho nitro benzene ring substituents is 1. The first-order valence-electron chi connectivity index (χ1n) is 17.4. The smallest absolute Gasteiger partial charge is 0.296 e. The second-order valence-electron chi connectivity index (χ2n) is 13.1. The minimum absolute atomic E-state index is 0.00109. The van der Waals surface area contributed by atoms with Gasteiger partial charge in [0.2, 0.25) is 0 Å². The van der Waals surface area contributed by atoms with Gasteiger partial charge < -0.3 is 19.9 Å². The Morgan fingerprint density at radius 3 is 1.71 bits per heavy atom. The predicted octanol–water partition coefficient (Wildman–Crippen LogP) is 9.26.